The van der Waals surface area contributed by atoms with Gasteiger partial charge in [0.1, 0.15) is 16.4 Å². The van der Waals surface area contributed by atoms with Gasteiger partial charge in [0.2, 0.25) is 0 Å². The number of aliphatic hydroxyl groups excluding tert-OH is 1. The van der Waals surface area contributed by atoms with Crippen molar-refractivity contribution in [3.63, 3.8) is 0 Å². The Morgan fingerprint density at radius 3 is 2.61 bits per heavy atom. The predicted octanol–water partition coefficient (Wildman–Crippen LogP) is 5.97. The molecule has 2 unspecified atom stereocenters. The lowest BCUT2D eigenvalue weighted by Crippen LogP contribution is -2.09. The van der Waals surface area contributed by atoms with Crippen molar-refractivity contribution >= 4 is 17.3 Å². The zero-order valence-corrected chi connectivity index (χ0v) is 19.9. The van der Waals surface area contributed by atoms with Crippen molar-refractivity contribution in [3.8, 4) is 11.5 Å². The highest BCUT2D eigenvalue weighted by molar-refractivity contribution is 7.13. The Kier molecular flexibility index (Phi) is 10.3. The molecule has 1 heterocycles. The van der Waals surface area contributed by atoms with Crippen LogP contribution in [0.1, 0.15) is 73.5 Å². The maximum atomic E-state index is 11.5. The molecule has 6 heteroatoms. The summed E-state index contributed by atoms with van der Waals surface area (Å²) in [6.45, 7) is 8.75. The van der Waals surface area contributed by atoms with Gasteiger partial charge in [-0.3, -0.25) is 0 Å². The van der Waals surface area contributed by atoms with Crippen LogP contribution in [0.4, 0.5) is 0 Å². The summed E-state index contributed by atoms with van der Waals surface area (Å²) in [7, 11) is 0. The number of aromatic hydroxyl groups is 1. The molecule has 0 saturated heterocycles. The molecule has 31 heavy (non-hydrogen) atoms. The number of ether oxygens (including phenoxy) is 2. The van der Waals surface area contributed by atoms with E-state index in [2.05, 4.69) is 13.8 Å². The van der Waals surface area contributed by atoms with Crippen molar-refractivity contribution in [2.24, 2.45) is 11.8 Å². The quantitative estimate of drug-likeness (QED) is 0.487. The van der Waals surface area contributed by atoms with Crippen LogP contribution in [0.5, 0.6) is 11.5 Å². The number of phenols is 1. The number of hydrogen-bond donors (Lipinski definition) is 2. The Hall–Kier alpha value is -2.05. The van der Waals surface area contributed by atoms with E-state index in [1.165, 1.54) is 35.5 Å². The first-order valence-electron chi connectivity index (χ1n) is 11.2. The second-order valence-corrected chi connectivity index (χ2v) is 9.73. The predicted molar refractivity (Wildman–Crippen MR) is 125 cm³/mol. The van der Waals surface area contributed by atoms with E-state index in [4.69, 9.17) is 14.6 Å². The summed E-state index contributed by atoms with van der Waals surface area (Å²) in [5.41, 5.74) is 0.680. The van der Waals surface area contributed by atoms with Gasteiger partial charge in [0.05, 0.1) is 19.3 Å². The van der Waals surface area contributed by atoms with E-state index >= 15 is 0 Å². The first-order chi connectivity index (χ1) is 14.8. The van der Waals surface area contributed by atoms with Crippen molar-refractivity contribution in [1.29, 1.82) is 0 Å². The van der Waals surface area contributed by atoms with E-state index in [9.17, 15) is 9.90 Å². The van der Waals surface area contributed by atoms with E-state index in [1.54, 1.807) is 18.2 Å². The Morgan fingerprint density at radius 1 is 1.23 bits per heavy atom. The van der Waals surface area contributed by atoms with Gasteiger partial charge < -0.3 is 19.7 Å². The summed E-state index contributed by atoms with van der Waals surface area (Å²) in [6.07, 6.45) is 5.85. The molecule has 2 aromatic rings. The molecule has 5 nitrogen and oxygen atoms in total. The number of thiophene rings is 1. The third kappa shape index (κ3) is 8.91. The van der Waals surface area contributed by atoms with Crippen molar-refractivity contribution in [2.75, 3.05) is 6.61 Å². The van der Waals surface area contributed by atoms with Crippen LogP contribution in [0.3, 0.4) is 0 Å². The average molecular weight is 449 g/mol. The standard InChI is InChI=1S/C14H20O3.C11H16O2S/c1-10-2-3-11(4-10)9-17-14-6-12(8-15)5-13(16)7-14;1-4-5-9-6-7-10(14-9)11(12)13-8(2)3/h5-7,10-11,15-16H,2-4,8-9H2,1H3;6-8H,4-5H2,1-3H3. The highest BCUT2D eigenvalue weighted by Gasteiger charge is 2.21. The third-order valence-electron chi connectivity index (χ3n) is 5.12. The van der Waals surface area contributed by atoms with Crippen LogP contribution in [0.15, 0.2) is 30.3 Å². The van der Waals surface area contributed by atoms with Crippen LogP contribution < -0.4 is 4.74 Å². The largest absolute Gasteiger partial charge is 0.508 e. The SMILES string of the molecule is CC1CCC(COc2cc(O)cc(CO)c2)C1.CCCc1ccc(C(=O)OC(C)C)s1. The minimum Gasteiger partial charge on any atom is -0.508 e. The fourth-order valence-electron chi connectivity index (χ4n) is 3.65. The summed E-state index contributed by atoms with van der Waals surface area (Å²) in [4.78, 5) is 13.4. The minimum atomic E-state index is -0.202. The van der Waals surface area contributed by atoms with E-state index < -0.39 is 0 Å². The zero-order chi connectivity index (χ0) is 22.8. The number of phenolic OH excluding ortho intramolecular Hbond substituents is 1. The normalized spacial score (nSPS) is 17.9. The van der Waals surface area contributed by atoms with E-state index in [-0.39, 0.29) is 24.4 Å². The maximum Gasteiger partial charge on any atom is 0.348 e. The molecule has 0 radical (unpaired) electrons. The van der Waals surface area contributed by atoms with Gasteiger partial charge in [-0.15, -0.1) is 11.3 Å². The molecule has 1 aromatic heterocycles. The van der Waals surface area contributed by atoms with Crippen LogP contribution in [0, 0.1) is 11.8 Å². The van der Waals surface area contributed by atoms with Gasteiger partial charge >= 0.3 is 5.97 Å². The van der Waals surface area contributed by atoms with Crippen LogP contribution in [-0.2, 0) is 17.8 Å². The van der Waals surface area contributed by atoms with Crippen molar-refractivity contribution in [1.82, 2.24) is 0 Å². The topological polar surface area (TPSA) is 76.0 Å². The number of carbonyl (C=O) groups is 1. The van der Waals surface area contributed by atoms with Gasteiger partial charge in [-0.05, 0) is 74.8 Å². The number of hydrogen-bond acceptors (Lipinski definition) is 6. The van der Waals surface area contributed by atoms with Gasteiger partial charge in [0, 0.05) is 10.9 Å². The number of benzene rings is 1. The molecule has 1 aliphatic carbocycles. The molecule has 0 amide bonds. The van der Waals surface area contributed by atoms with E-state index in [0.717, 1.165) is 18.8 Å². The lowest BCUT2D eigenvalue weighted by Gasteiger charge is -2.12. The number of aliphatic hydroxyl groups is 1. The molecule has 1 fully saturated rings. The molecule has 1 aliphatic rings. The van der Waals surface area contributed by atoms with Crippen LogP contribution >= 0.6 is 11.3 Å². The van der Waals surface area contributed by atoms with Gasteiger partial charge in [-0.1, -0.05) is 26.7 Å². The molecule has 1 saturated carbocycles. The van der Waals surface area contributed by atoms with Gasteiger partial charge in [0.15, 0.2) is 0 Å². The van der Waals surface area contributed by atoms with Crippen LogP contribution in [0.25, 0.3) is 0 Å². The van der Waals surface area contributed by atoms with Gasteiger partial charge in [-0.25, -0.2) is 4.79 Å². The molecule has 2 N–H and O–H groups in total. The van der Waals surface area contributed by atoms with Crippen molar-refractivity contribution in [2.45, 2.75) is 72.5 Å². The highest BCUT2D eigenvalue weighted by atomic mass is 32.1. The maximum absolute atomic E-state index is 11.5. The molecule has 172 valence electrons. The minimum absolute atomic E-state index is 0.0424. The molecule has 1 aromatic carbocycles. The summed E-state index contributed by atoms with van der Waals surface area (Å²) < 4.78 is 10.8. The summed E-state index contributed by atoms with van der Waals surface area (Å²) in [6, 6.07) is 8.77. The van der Waals surface area contributed by atoms with Crippen molar-refractivity contribution in [3.05, 3.63) is 45.6 Å². The number of rotatable bonds is 8. The second-order valence-electron chi connectivity index (χ2n) is 8.56. The molecule has 0 spiro atoms. The number of aryl methyl sites for hydroxylation is 1. The summed E-state index contributed by atoms with van der Waals surface area (Å²) in [5, 5.41) is 18.5. The molecule has 3 rings (SSSR count). The molecular formula is C25H36O5S. The van der Waals surface area contributed by atoms with Crippen LogP contribution in [-0.4, -0.2) is 28.9 Å². The molecule has 2 atom stereocenters. The average Bonchev–Trinajstić information content (AvgIpc) is 3.35. The summed E-state index contributed by atoms with van der Waals surface area (Å²) >= 11 is 1.53. The fraction of sp³-hybridized carbons (Fsp3) is 0.560. The number of carbonyl (C=O) groups excluding carboxylic acids is 1. The highest BCUT2D eigenvalue weighted by Crippen LogP contribution is 2.31. The van der Waals surface area contributed by atoms with E-state index in [0.29, 0.717) is 28.7 Å². The first kappa shape index (κ1) is 25.2. The molecule has 0 bridgehead atoms. The Bertz CT molecular complexity index is 814. The van der Waals surface area contributed by atoms with E-state index in [1.807, 2.05) is 26.0 Å². The second kappa shape index (κ2) is 12.7. The lowest BCUT2D eigenvalue weighted by molar-refractivity contribution is 0.0384. The Morgan fingerprint density at radius 2 is 2.00 bits per heavy atom. The Balaban J connectivity index is 0.000000225. The third-order valence-corrected chi connectivity index (χ3v) is 6.25. The lowest BCUT2D eigenvalue weighted by atomic mass is 10.1. The molecular weight excluding hydrogens is 412 g/mol. The monoisotopic (exact) mass is 448 g/mol. The zero-order valence-electron chi connectivity index (χ0n) is 19.1. The smallest absolute Gasteiger partial charge is 0.348 e. The Labute approximate surface area is 190 Å². The van der Waals surface area contributed by atoms with Crippen molar-refractivity contribution < 1.29 is 24.5 Å². The van der Waals surface area contributed by atoms with Crippen LogP contribution in [0.2, 0.25) is 0 Å². The molecule has 0 aliphatic heterocycles. The van der Waals surface area contributed by atoms with Gasteiger partial charge in [0.25, 0.3) is 0 Å². The fourth-order valence-corrected chi connectivity index (χ4v) is 4.64. The number of esters is 1. The van der Waals surface area contributed by atoms with Gasteiger partial charge in [-0.2, -0.15) is 0 Å². The summed E-state index contributed by atoms with van der Waals surface area (Å²) in [5.74, 6) is 2.03. The first-order valence-corrected chi connectivity index (χ1v) is 12.0.